The Bertz CT molecular complexity index is 673. The van der Waals surface area contributed by atoms with Crippen LogP contribution in [0.25, 0.3) is 0 Å². The van der Waals surface area contributed by atoms with E-state index in [0.717, 1.165) is 36.5 Å². The maximum atomic E-state index is 11.9. The lowest BCUT2D eigenvalue weighted by Gasteiger charge is -2.12. The summed E-state index contributed by atoms with van der Waals surface area (Å²) < 4.78 is 11.3. The van der Waals surface area contributed by atoms with Gasteiger partial charge in [-0.3, -0.25) is 4.98 Å². The Morgan fingerprint density at radius 1 is 1.20 bits per heavy atom. The standard InChI is InChI=1S/C19H23N3O3/c23-19(22-13-16-6-1-2-9-20-16)21-12-15-5-3-7-17(11-15)25-14-18-8-4-10-24-18/h1-3,5-7,9,11,18H,4,8,10,12-14H2,(H2,21,22,23)/t18-/m0/s1. The molecule has 0 aliphatic carbocycles. The van der Waals surface area contributed by atoms with Gasteiger partial charge in [-0.15, -0.1) is 0 Å². The second-order valence-corrected chi connectivity index (χ2v) is 5.95. The molecule has 0 spiro atoms. The molecule has 1 aromatic heterocycles. The second kappa shape index (κ2) is 9.03. The smallest absolute Gasteiger partial charge is 0.315 e. The first kappa shape index (κ1) is 17.2. The summed E-state index contributed by atoms with van der Waals surface area (Å²) in [4.78, 5) is 16.0. The fourth-order valence-corrected chi connectivity index (χ4v) is 2.63. The van der Waals surface area contributed by atoms with Crippen LogP contribution in [0.5, 0.6) is 5.75 Å². The van der Waals surface area contributed by atoms with E-state index < -0.39 is 0 Å². The highest BCUT2D eigenvalue weighted by molar-refractivity contribution is 5.73. The molecule has 6 nitrogen and oxygen atoms in total. The molecule has 1 saturated heterocycles. The van der Waals surface area contributed by atoms with Gasteiger partial charge in [0.15, 0.2) is 0 Å². The number of hydrogen-bond donors (Lipinski definition) is 2. The van der Waals surface area contributed by atoms with E-state index in [1.807, 2.05) is 42.5 Å². The summed E-state index contributed by atoms with van der Waals surface area (Å²) in [5.41, 5.74) is 1.81. The maximum Gasteiger partial charge on any atom is 0.315 e. The minimum Gasteiger partial charge on any atom is -0.491 e. The first-order chi connectivity index (χ1) is 12.3. The SMILES string of the molecule is O=C(NCc1cccc(OC[C@@H]2CCCO2)c1)NCc1ccccn1. The van der Waals surface area contributed by atoms with E-state index in [1.165, 1.54) is 0 Å². The van der Waals surface area contributed by atoms with Crippen LogP contribution in [0, 0.1) is 0 Å². The van der Waals surface area contributed by atoms with Gasteiger partial charge in [0.2, 0.25) is 0 Å². The summed E-state index contributed by atoms with van der Waals surface area (Å²) in [7, 11) is 0. The van der Waals surface area contributed by atoms with Crippen LogP contribution in [0.1, 0.15) is 24.1 Å². The number of rotatable bonds is 7. The average molecular weight is 341 g/mol. The molecule has 1 aromatic carbocycles. The van der Waals surface area contributed by atoms with Gasteiger partial charge in [0.25, 0.3) is 0 Å². The van der Waals surface area contributed by atoms with Gasteiger partial charge < -0.3 is 20.1 Å². The minimum absolute atomic E-state index is 0.194. The largest absolute Gasteiger partial charge is 0.491 e. The summed E-state index contributed by atoms with van der Waals surface area (Å²) >= 11 is 0. The van der Waals surface area contributed by atoms with Crippen LogP contribution in [0.4, 0.5) is 4.79 Å². The van der Waals surface area contributed by atoms with Crippen molar-refractivity contribution in [3.8, 4) is 5.75 Å². The summed E-state index contributed by atoms with van der Waals surface area (Å²) in [5, 5.41) is 5.62. The van der Waals surface area contributed by atoms with Gasteiger partial charge in [-0.1, -0.05) is 18.2 Å². The molecule has 2 amide bonds. The first-order valence-electron chi connectivity index (χ1n) is 8.54. The van der Waals surface area contributed by atoms with E-state index in [1.54, 1.807) is 6.20 Å². The van der Waals surface area contributed by atoms with Gasteiger partial charge in [-0.25, -0.2) is 4.79 Å². The Kier molecular flexibility index (Phi) is 6.23. The monoisotopic (exact) mass is 341 g/mol. The summed E-state index contributed by atoms with van der Waals surface area (Å²) in [6.45, 7) is 2.23. The third-order valence-electron chi connectivity index (χ3n) is 3.97. The van der Waals surface area contributed by atoms with E-state index in [9.17, 15) is 4.79 Å². The number of benzene rings is 1. The molecule has 2 heterocycles. The molecule has 0 radical (unpaired) electrons. The number of pyridine rings is 1. The quantitative estimate of drug-likeness (QED) is 0.812. The topological polar surface area (TPSA) is 72.5 Å². The Morgan fingerprint density at radius 2 is 2.12 bits per heavy atom. The van der Waals surface area contributed by atoms with Crippen LogP contribution in [0.15, 0.2) is 48.7 Å². The number of nitrogens with zero attached hydrogens (tertiary/aromatic N) is 1. The first-order valence-corrected chi connectivity index (χ1v) is 8.54. The molecule has 1 aliphatic rings. The van der Waals surface area contributed by atoms with Crippen LogP contribution < -0.4 is 15.4 Å². The summed E-state index contributed by atoms with van der Waals surface area (Å²) in [5.74, 6) is 0.795. The zero-order chi connectivity index (χ0) is 17.3. The van der Waals surface area contributed by atoms with Crippen LogP contribution in [-0.4, -0.2) is 30.3 Å². The number of urea groups is 1. The molecule has 2 N–H and O–H groups in total. The van der Waals surface area contributed by atoms with Crippen molar-refractivity contribution in [2.75, 3.05) is 13.2 Å². The fourth-order valence-electron chi connectivity index (χ4n) is 2.63. The maximum absolute atomic E-state index is 11.9. The summed E-state index contributed by atoms with van der Waals surface area (Å²) in [6.07, 6.45) is 4.06. The number of aromatic nitrogens is 1. The number of nitrogens with one attached hydrogen (secondary N) is 2. The Labute approximate surface area is 147 Å². The van der Waals surface area contributed by atoms with Gasteiger partial charge in [0.05, 0.1) is 18.3 Å². The van der Waals surface area contributed by atoms with Gasteiger partial charge in [-0.2, -0.15) is 0 Å². The molecule has 0 bridgehead atoms. The van der Waals surface area contributed by atoms with Gasteiger partial charge in [0, 0.05) is 19.3 Å². The van der Waals surface area contributed by atoms with E-state index in [2.05, 4.69) is 15.6 Å². The lowest BCUT2D eigenvalue weighted by Crippen LogP contribution is -2.34. The highest BCUT2D eigenvalue weighted by Crippen LogP contribution is 2.17. The van der Waals surface area contributed by atoms with Crippen molar-refractivity contribution >= 4 is 6.03 Å². The molecule has 1 atom stereocenters. The molecule has 25 heavy (non-hydrogen) atoms. The molecule has 1 aliphatic heterocycles. The number of carbonyl (C=O) groups is 1. The van der Waals surface area contributed by atoms with E-state index in [-0.39, 0.29) is 12.1 Å². The lowest BCUT2D eigenvalue weighted by molar-refractivity contribution is 0.0679. The molecule has 6 heteroatoms. The number of ether oxygens (including phenoxy) is 2. The molecular weight excluding hydrogens is 318 g/mol. The van der Waals surface area contributed by atoms with Crippen molar-refractivity contribution in [1.29, 1.82) is 0 Å². The second-order valence-electron chi connectivity index (χ2n) is 5.95. The molecule has 3 rings (SSSR count). The zero-order valence-electron chi connectivity index (χ0n) is 14.1. The molecular formula is C19H23N3O3. The number of hydrogen-bond acceptors (Lipinski definition) is 4. The van der Waals surface area contributed by atoms with Crippen molar-refractivity contribution in [3.05, 3.63) is 59.9 Å². The van der Waals surface area contributed by atoms with Crippen LogP contribution in [0.2, 0.25) is 0 Å². The Balaban J connectivity index is 1.41. The van der Waals surface area contributed by atoms with Gasteiger partial charge in [0.1, 0.15) is 12.4 Å². The van der Waals surface area contributed by atoms with E-state index >= 15 is 0 Å². The zero-order valence-corrected chi connectivity index (χ0v) is 14.1. The highest BCUT2D eigenvalue weighted by atomic mass is 16.5. The molecule has 0 unspecified atom stereocenters. The Hall–Kier alpha value is -2.60. The molecule has 132 valence electrons. The van der Waals surface area contributed by atoms with Crippen molar-refractivity contribution in [3.63, 3.8) is 0 Å². The predicted molar refractivity (Wildman–Crippen MR) is 94.2 cm³/mol. The Morgan fingerprint density at radius 3 is 2.92 bits per heavy atom. The minimum atomic E-state index is -0.226. The predicted octanol–water partition coefficient (Wildman–Crippen LogP) is 2.64. The fraction of sp³-hybridized carbons (Fsp3) is 0.368. The van der Waals surface area contributed by atoms with E-state index in [0.29, 0.717) is 19.7 Å². The van der Waals surface area contributed by atoms with Crippen molar-refractivity contribution in [2.45, 2.75) is 32.0 Å². The third kappa shape index (κ3) is 5.76. The highest BCUT2D eigenvalue weighted by Gasteiger charge is 2.15. The average Bonchev–Trinajstić information content (AvgIpc) is 3.18. The van der Waals surface area contributed by atoms with Crippen LogP contribution >= 0.6 is 0 Å². The lowest BCUT2D eigenvalue weighted by atomic mass is 10.2. The normalized spacial score (nSPS) is 16.4. The van der Waals surface area contributed by atoms with Crippen LogP contribution in [0.3, 0.4) is 0 Å². The van der Waals surface area contributed by atoms with Crippen molar-refractivity contribution in [2.24, 2.45) is 0 Å². The number of amides is 2. The molecule has 0 saturated carbocycles. The van der Waals surface area contributed by atoms with Crippen molar-refractivity contribution < 1.29 is 14.3 Å². The van der Waals surface area contributed by atoms with E-state index in [4.69, 9.17) is 9.47 Å². The van der Waals surface area contributed by atoms with Crippen LogP contribution in [-0.2, 0) is 17.8 Å². The molecule has 2 aromatic rings. The van der Waals surface area contributed by atoms with Crippen molar-refractivity contribution in [1.82, 2.24) is 15.6 Å². The molecule has 1 fully saturated rings. The third-order valence-corrected chi connectivity index (χ3v) is 3.97. The number of carbonyl (C=O) groups excluding carboxylic acids is 1. The van der Waals surface area contributed by atoms with Gasteiger partial charge in [-0.05, 0) is 42.7 Å². The van der Waals surface area contributed by atoms with Gasteiger partial charge >= 0.3 is 6.03 Å². The summed E-state index contributed by atoms with van der Waals surface area (Å²) in [6, 6.07) is 13.1.